The molecule has 39 heavy (non-hydrogen) atoms. The fourth-order valence-electron chi connectivity index (χ4n) is 5.66. The number of aldehydes is 1. The van der Waals surface area contributed by atoms with Crippen molar-refractivity contribution in [1.82, 2.24) is 9.47 Å². The highest BCUT2D eigenvalue weighted by Crippen LogP contribution is 2.36. The molecule has 0 saturated carbocycles. The van der Waals surface area contributed by atoms with Crippen LogP contribution in [0.15, 0.2) is 66.7 Å². The number of rotatable bonds is 9. The van der Waals surface area contributed by atoms with Crippen LogP contribution in [0.1, 0.15) is 36.8 Å². The Balaban J connectivity index is 1.32. The van der Waals surface area contributed by atoms with Crippen LogP contribution in [0.2, 0.25) is 0 Å². The summed E-state index contributed by atoms with van der Waals surface area (Å²) >= 11 is 0. The number of aromatic hydroxyl groups is 2. The first-order valence-corrected chi connectivity index (χ1v) is 13.5. The first-order valence-electron chi connectivity index (χ1n) is 13.5. The summed E-state index contributed by atoms with van der Waals surface area (Å²) in [5, 5.41) is 20.9. The van der Waals surface area contributed by atoms with Gasteiger partial charge in [-0.2, -0.15) is 0 Å². The number of phenolic OH excluding ortho intramolecular Hbond substituents is 2. The number of carbonyl (C=O) groups excluding carboxylic acids is 2. The van der Waals surface area contributed by atoms with Gasteiger partial charge in [-0.1, -0.05) is 25.0 Å². The zero-order valence-electron chi connectivity index (χ0n) is 22.2. The molecule has 4 aromatic rings. The summed E-state index contributed by atoms with van der Waals surface area (Å²) < 4.78 is 8.24. The van der Waals surface area contributed by atoms with E-state index in [1.54, 1.807) is 24.3 Å². The second kappa shape index (κ2) is 11.7. The van der Waals surface area contributed by atoms with E-state index in [4.69, 9.17) is 4.74 Å². The Morgan fingerprint density at radius 3 is 2.46 bits per heavy atom. The molecule has 1 atom stereocenters. The molecule has 7 nitrogen and oxygen atoms in total. The molecule has 1 unspecified atom stereocenters. The van der Waals surface area contributed by atoms with Crippen molar-refractivity contribution in [3.63, 3.8) is 0 Å². The Morgan fingerprint density at radius 2 is 1.72 bits per heavy atom. The monoisotopic (exact) mass is 526 g/mol. The van der Waals surface area contributed by atoms with E-state index in [0.717, 1.165) is 71.3 Å². The predicted octanol–water partition coefficient (Wildman–Crippen LogP) is 5.47. The number of Topliss-reactive ketones (excluding diaryl/α,β-unsaturated/α-hetero) is 1. The number of aromatic nitrogens is 1. The number of nitrogens with zero attached hydrogens (tertiary/aromatic N) is 2. The van der Waals surface area contributed by atoms with E-state index in [0.29, 0.717) is 26.0 Å². The number of fused-ring (bicyclic) bond motifs is 1. The van der Waals surface area contributed by atoms with E-state index in [1.807, 2.05) is 42.5 Å². The number of likely N-dealkylation sites (tertiary alicyclic amines) is 1. The van der Waals surface area contributed by atoms with E-state index in [9.17, 15) is 19.8 Å². The van der Waals surface area contributed by atoms with Crippen molar-refractivity contribution < 1.29 is 24.5 Å². The second-order valence-corrected chi connectivity index (χ2v) is 10.2. The number of carbonyl (C=O) groups is 2. The first kappa shape index (κ1) is 26.5. The van der Waals surface area contributed by atoms with Gasteiger partial charge < -0.3 is 19.5 Å². The highest BCUT2D eigenvalue weighted by molar-refractivity contribution is 6.27. The van der Waals surface area contributed by atoms with Gasteiger partial charge in [0.25, 0.3) is 0 Å². The van der Waals surface area contributed by atoms with Crippen LogP contribution in [0.4, 0.5) is 0 Å². The van der Waals surface area contributed by atoms with Crippen molar-refractivity contribution in [3.05, 3.63) is 77.9 Å². The lowest BCUT2D eigenvalue weighted by Crippen LogP contribution is -2.43. The molecule has 0 aliphatic carbocycles. The summed E-state index contributed by atoms with van der Waals surface area (Å²) in [6.07, 6.45) is 4.25. The molecule has 7 heteroatoms. The van der Waals surface area contributed by atoms with Gasteiger partial charge in [0.2, 0.25) is 5.78 Å². The van der Waals surface area contributed by atoms with Crippen molar-refractivity contribution in [1.29, 1.82) is 0 Å². The van der Waals surface area contributed by atoms with Gasteiger partial charge in [-0.3, -0.25) is 14.5 Å². The molecule has 1 aliphatic heterocycles. The van der Waals surface area contributed by atoms with Crippen molar-refractivity contribution >= 4 is 23.0 Å². The molecule has 202 valence electrons. The van der Waals surface area contributed by atoms with Crippen molar-refractivity contribution in [2.45, 2.75) is 45.2 Å². The van der Waals surface area contributed by atoms with Crippen LogP contribution < -0.4 is 4.74 Å². The maximum atomic E-state index is 12.1. The van der Waals surface area contributed by atoms with Gasteiger partial charge in [0.05, 0.1) is 11.7 Å². The van der Waals surface area contributed by atoms with Crippen molar-refractivity contribution in [3.8, 4) is 28.5 Å². The molecule has 0 radical (unpaired) electrons. The lowest BCUT2D eigenvalue weighted by Gasteiger charge is -2.27. The van der Waals surface area contributed by atoms with Gasteiger partial charge in [-0.15, -0.1) is 0 Å². The molecule has 1 aliphatic rings. The summed E-state index contributed by atoms with van der Waals surface area (Å²) in [7, 11) is 0. The second-order valence-electron chi connectivity index (χ2n) is 10.2. The summed E-state index contributed by atoms with van der Waals surface area (Å²) in [5.74, 6) is 0.859. The van der Waals surface area contributed by atoms with Crippen LogP contribution in [0.3, 0.4) is 0 Å². The number of ketones is 1. The van der Waals surface area contributed by atoms with Crippen LogP contribution in [-0.4, -0.2) is 57.5 Å². The Kier molecular flexibility index (Phi) is 7.98. The third kappa shape index (κ3) is 5.83. The summed E-state index contributed by atoms with van der Waals surface area (Å²) in [6, 6.07) is 20.3. The summed E-state index contributed by atoms with van der Waals surface area (Å²) in [5.41, 5.74) is 5.20. The van der Waals surface area contributed by atoms with E-state index in [1.165, 1.54) is 0 Å². The Morgan fingerprint density at radius 1 is 0.974 bits per heavy atom. The Hall–Kier alpha value is -4.10. The van der Waals surface area contributed by atoms with Gasteiger partial charge in [0.1, 0.15) is 23.9 Å². The molecular formula is C32H34N2O5. The maximum absolute atomic E-state index is 12.1. The van der Waals surface area contributed by atoms with Crippen LogP contribution in [0.5, 0.6) is 17.2 Å². The number of ether oxygens (including phenoxy) is 1. The first-order chi connectivity index (χ1) is 18.9. The summed E-state index contributed by atoms with van der Waals surface area (Å²) in [4.78, 5) is 25.3. The van der Waals surface area contributed by atoms with Gasteiger partial charge >= 0.3 is 0 Å². The van der Waals surface area contributed by atoms with Gasteiger partial charge in [-0.05, 0) is 97.6 Å². The smallest absolute Gasteiger partial charge is 0.212 e. The highest BCUT2D eigenvalue weighted by atomic mass is 16.5. The molecule has 1 saturated heterocycles. The number of benzene rings is 3. The van der Waals surface area contributed by atoms with E-state index >= 15 is 0 Å². The lowest BCUT2D eigenvalue weighted by molar-refractivity contribution is -0.133. The van der Waals surface area contributed by atoms with Gasteiger partial charge in [0, 0.05) is 24.0 Å². The van der Waals surface area contributed by atoms with E-state index in [2.05, 4.69) is 16.4 Å². The molecule has 1 aromatic heterocycles. The Bertz CT molecular complexity index is 1460. The largest absolute Gasteiger partial charge is 0.508 e. The molecular weight excluding hydrogens is 492 g/mol. The summed E-state index contributed by atoms with van der Waals surface area (Å²) in [6.45, 7) is 4.52. The number of phenols is 2. The molecule has 3 aromatic carbocycles. The lowest BCUT2D eigenvalue weighted by atomic mass is 10.1. The number of hydrogen-bond donors (Lipinski definition) is 2. The molecule has 2 heterocycles. The topological polar surface area (TPSA) is 92.0 Å². The predicted molar refractivity (Wildman–Crippen MR) is 151 cm³/mol. The molecule has 0 bridgehead atoms. The van der Waals surface area contributed by atoms with Crippen molar-refractivity contribution in [2.24, 2.45) is 0 Å². The van der Waals surface area contributed by atoms with E-state index < -0.39 is 0 Å². The quantitative estimate of drug-likeness (QED) is 0.222. The van der Waals surface area contributed by atoms with Crippen LogP contribution in [0.25, 0.3) is 22.2 Å². The van der Waals surface area contributed by atoms with Gasteiger partial charge in [0.15, 0.2) is 6.29 Å². The zero-order chi connectivity index (χ0) is 27.4. The third-order valence-electron chi connectivity index (χ3n) is 7.66. The normalized spacial score (nSPS) is 16.2. The fraction of sp³-hybridized carbons (Fsp3) is 0.312. The standard InChI is InChI=1S/C32H34N2O5/c1-22-28-19-26(37)12-15-29(28)34(32(22)24-8-10-25(36)11-9-24)20-23-6-13-27(14-7-23)39-18-17-33-16-4-2-3-5-30(33)31(38)21-35/h6-15,19,21,30,36-37H,2-5,16-18,20H2,1H3. The van der Waals surface area contributed by atoms with Crippen molar-refractivity contribution in [2.75, 3.05) is 19.7 Å². The minimum Gasteiger partial charge on any atom is -0.508 e. The zero-order valence-corrected chi connectivity index (χ0v) is 22.2. The van der Waals surface area contributed by atoms with Crippen LogP contribution in [-0.2, 0) is 16.1 Å². The molecule has 0 amide bonds. The molecule has 1 fully saturated rings. The number of aryl methyl sites for hydroxylation is 1. The van der Waals surface area contributed by atoms with Gasteiger partial charge in [-0.25, -0.2) is 0 Å². The SMILES string of the molecule is Cc1c(-c2ccc(O)cc2)n(Cc2ccc(OCCN3CCCCCC3C(=O)C=O)cc2)c2ccc(O)cc12. The van der Waals surface area contributed by atoms with Crippen LogP contribution in [0, 0.1) is 6.92 Å². The minimum atomic E-state index is -0.337. The highest BCUT2D eigenvalue weighted by Gasteiger charge is 2.26. The Labute approximate surface area is 228 Å². The molecule has 2 N–H and O–H groups in total. The average Bonchev–Trinajstić information content (AvgIpc) is 3.08. The average molecular weight is 527 g/mol. The maximum Gasteiger partial charge on any atom is 0.212 e. The van der Waals surface area contributed by atoms with Crippen LogP contribution >= 0.6 is 0 Å². The van der Waals surface area contributed by atoms with E-state index in [-0.39, 0.29) is 23.3 Å². The number of hydrogen-bond acceptors (Lipinski definition) is 6. The fourth-order valence-corrected chi connectivity index (χ4v) is 5.66. The molecule has 5 rings (SSSR count). The third-order valence-corrected chi connectivity index (χ3v) is 7.66. The molecule has 0 spiro atoms. The minimum absolute atomic E-state index is 0.217.